The molecule has 130 valence electrons. The number of hydrogen-bond donors (Lipinski definition) is 2. The minimum atomic E-state index is -0.986. The lowest BCUT2D eigenvalue weighted by atomic mass is 10.0. The Bertz CT molecular complexity index is 611. The lowest BCUT2D eigenvalue weighted by Crippen LogP contribution is -2.32. The van der Waals surface area contributed by atoms with Crippen molar-refractivity contribution in [3.8, 4) is 0 Å². The van der Waals surface area contributed by atoms with Gasteiger partial charge in [0.2, 0.25) is 0 Å². The summed E-state index contributed by atoms with van der Waals surface area (Å²) >= 11 is 0. The monoisotopic (exact) mass is 333 g/mol. The number of benzene rings is 1. The summed E-state index contributed by atoms with van der Waals surface area (Å²) < 4.78 is 5.11. The number of carbonyl (C=O) groups is 3. The molecule has 0 radical (unpaired) electrons. The Morgan fingerprint density at radius 1 is 1.12 bits per heavy atom. The minimum Gasteiger partial charge on any atom is -0.481 e. The molecule has 1 rings (SSSR count). The number of aliphatic carboxylic acids is 1. The van der Waals surface area contributed by atoms with Crippen molar-refractivity contribution in [3.63, 3.8) is 0 Å². The summed E-state index contributed by atoms with van der Waals surface area (Å²) in [7, 11) is 0. The number of ketones is 1. The molecule has 0 saturated carbocycles. The SMILES string of the molecule is CC(C)(C)OC(=O)NCC=Cc1ccc(C(=O)CCC(=O)O)cc1. The molecular formula is C18H23NO5. The van der Waals surface area contributed by atoms with Crippen LogP contribution in [0.5, 0.6) is 0 Å². The van der Waals surface area contributed by atoms with Gasteiger partial charge in [-0.2, -0.15) is 0 Å². The highest BCUT2D eigenvalue weighted by atomic mass is 16.6. The molecule has 0 fully saturated rings. The van der Waals surface area contributed by atoms with Crippen LogP contribution in [-0.2, 0) is 9.53 Å². The van der Waals surface area contributed by atoms with Crippen LogP contribution in [0.15, 0.2) is 30.3 Å². The van der Waals surface area contributed by atoms with Crippen molar-refractivity contribution < 1.29 is 24.2 Å². The summed E-state index contributed by atoms with van der Waals surface area (Å²) in [6, 6.07) is 6.84. The third-order valence-corrected chi connectivity index (χ3v) is 2.87. The number of rotatable bonds is 7. The van der Waals surface area contributed by atoms with E-state index in [0.29, 0.717) is 12.1 Å². The maximum absolute atomic E-state index is 11.8. The van der Waals surface area contributed by atoms with Gasteiger partial charge in [-0.3, -0.25) is 9.59 Å². The van der Waals surface area contributed by atoms with Crippen LogP contribution in [0.4, 0.5) is 4.79 Å². The zero-order chi connectivity index (χ0) is 18.2. The maximum Gasteiger partial charge on any atom is 0.407 e. The van der Waals surface area contributed by atoms with Gasteiger partial charge in [0.25, 0.3) is 0 Å². The Labute approximate surface area is 141 Å². The van der Waals surface area contributed by atoms with Gasteiger partial charge in [-0.15, -0.1) is 0 Å². The summed E-state index contributed by atoms with van der Waals surface area (Å²) in [5.41, 5.74) is 0.827. The normalized spacial score (nSPS) is 11.3. The molecule has 0 aliphatic rings. The second kappa shape index (κ2) is 8.86. The molecular weight excluding hydrogens is 310 g/mol. The minimum absolute atomic E-state index is 0.00960. The van der Waals surface area contributed by atoms with Crippen molar-refractivity contribution in [1.82, 2.24) is 5.32 Å². The van der Waals surface area contributed by atoms with Crippen LogP contribution in [0.1, 0.15) is 49.5 Å². The number of hydrogen-bond acceptors (Lipinski definition) is 4. The van der Waals surface area contributed by atoms with Gasteiger partial charge in [0, 0.05) is 18.5 Å². The molecule has 0 aromatic heterocycles. The molecule has 0 aliphatic carbocycles. The van der Waals surface area contributed by atoms with Crippen LogP contribution in [0, 0.1) is 0 Å². The molecule has 0 bridgehead atoms. The summed E-state index contributed by atoms with van der Waals surface area (Å²) in [4.78, 5) is 33.7. The van der Waals surface area contributed by atoms with Gasteiger partial charge in [-0.25, -0.2) is 4.79 Å². The fourth-order valence-corrected chi connectivity index (χ4v) is 1.80. The maximum atomic E-state index is 11.8. The predicted octanol–water partition coefficient (Wildman–Crippen LogP) is 3.27. The average molecular weight is 333 g/mol. The zero-order valence-corrected chi connectivity index (χ0v) is 14.2. The van der Waals surface area contributed by atoms with E-state index < -0.39 is 17.7 Å². The Balaban J connectivity index is 2.45. The van der Waals surface area contributed by atoms with Crippen molar-refractivity contribution >= 4 is 23.9 Å². The van der Waals surface area contributed by atoms with Gasteiger partial charge >= 0.3 is 12.1 Å². The highest BCUT2D eigenvalue weighted by Gasteiger charge is 2.15. The van der Waals surface area contributed by atoms with Gasteiger partial charge < -0.3 is 15.2 Å². The molecule has 0 atom stereocenters. The first-order valence-electron chi connectivity index (χ1n) is 7.66. The van der Waals surface area contributed by atoms with Crippen LogP contribution in [0.25, 0.3) is 6.08 Å². The standard InChI is InChI=1S/C18H23NO5/c1-18(2,3)24-17(23)19-12-4-5-13-6-8-14(9-7-13)15(20)10-11-16(21)22/h4-9H,10-12H2,1-3H3,(H,19,23)(H,21,22). The second-order valence-corrected chi connectivity index (χ2v) is 6.22. The predicted molar refractivity (Wildman–Crippen MR) is 90.9 cm³/mol. The molecule has 1 aromatic rings. The van der Waals surface area contributed by atoms with E-state index in [4.69, 9.17) is 9.84 Å². The molecule has 6 heteroatoms. The Hall–Kier alpha value is -2.63. The van der Waals surface area contributed by atoms with E-state index in [-0.39, 0.29) is 18.6 Å². The van der Waals surface area contributed by atoms with Crippen molar-refractivity contribution in [2.24, 2.45) is 0 Å². The number of carboxylic acids is 1. The Kier molecular flexibility index (Phi) is 7.17. The van der Waals surface area contributed by atoms with Crippen molar-refractivity contribution in [2.75, 3.05) is 6.54 Å². The number of amides is 1. The van der Waals surface area contributed by atoms with E-state index in [2.05, 4.69) is 5.32 Å². The van der Waals surface area contributed by atoms with Gasteiger partial charge in [-0.1, -0.05) is 36.4 Å². The second-order valence-electron chi connectivity index (χ2n) is 6.22. The van der Waals surface area contributed by atoms with Gasteiger partial charge in [0.15, 0.2) is 5.78 Å². The largest absolute Gasteiger partial charge is 0.481 e. The quantitative estimate of drug-likeness (QED) is 0.747. The van der Waals surface area contributed by atoms with Crippen LogP contribution in [-0.4, -0.2) is 35.1 Å². The summed E-state index contributed by atoms with van der Waals surface area (Å²) in [5, 5.41) is 11.2. The smallest absolute Gasteiger partial charge is 0.407 e. The molecule has 0 unspecified atom stereocenters. The summed E-state index contributed by atoms with van der Waals surface area (Å²) in [6.07, 6.45) is 2.92. The Morgan fingerprint density at radius 2 is 1.75 bits per heavy atom. The molecule has 0 heterocycles. The molecule has 2 N–H and O–H groups in total. The summed E-state index contributed by atoms with van der Waals surface area (Å²) in [6.45, 7) is 5.71. The first-order valence-corrected chi connectivity index (χ1v) is 7.66. The van der Waals surface area contributed by atoms with E-state index in [9.17, 15) is 14.4 Å². The lowest BCUT2D eigenvalue weighted by Gasteiger charge is -2.19. The number of alkyl carbamates (subject to hydrolysis) is 1. The highest BCUT2D eigenvalue weighted by Crippen LogP contribution is 2.10. The highest BCUT2D eigenvalue weighted by molar-refractivity contribution is 5.97. The summed E-state index contributed by atoms with van der Waals surface area (Å²) in [5.74, 6) is -1.18. The van der Waals surface area contributed by atoms with Crippen LogP contribution in [0.3, 0.4) is 0 Å². The van der Waals surface area contributed by atoms with Crippen molar-refractivity contribution in [3.05, 3.63) is 41.5 Å². The zero-order valence-electron chi connectivity index (χ0n) is 14.2. The third kappa shape index (κ3) is 8.12. The molecule has 0 aliphatic heterocycles. The topological polar surface area (TPSA) is 92.7 Å². The van der Waals surface area contributed by atoms with Gasteiger partial charge in [0.05, 0.1) is 6.42 Å². The molecule has 0 spiro atoms. The molecule has 6 nitrogen and oxygen atoms in total. The first kappa shape index (κ1) is 19.4. The first-order chi connectivity index (χ1) is 11.2. The van der Waals surface area contributed by atoms with Crippen LogP contribution < -0.4 is 5.32 Å². The van der Waals surface area contributed by atoms with Crippen LogP contribution >= 0.6 is 0 Å². The third-order valence-electron chi connectivity index (χ3n) is 2.87. The van der Waals surface area contributed by atoms with Gasteiger partial charge in [0.1, 0.15) is 5.60 Å². The fraction of sp³-hybridized carbons (Fsp3) is 0.389. The van der Waals surface area contributed by atoms with Crippen molar-refractivity contribution in [2.45, 2.75) is 39.2 Å². The molecule has 1 amide bonds. The number of Topliss-reactive ketones (excluding diaryl/α,β-unsaturated/α-hetero) is 1. The van der Waals surface area contributed by atoms with E-state index in [1.807, 2.05) is 6.08 Å². The van der Waals surface area contributed by atoms with E-state index in [1.165, 1.54) is 0 Å². The average Bonchev–Trinajstić information content (AvgIpc) is 2.48. The fourth-order valence-electron chi connectivity index (χ4n) is 1.80. The van der Waals surface area contributed by atoms with E-state index in [0.717, 1.165) is 5.56 Å². The number of nitrogens with one attached hydrogen (secondary N) is 1. The van der Waals surface area contributed by atoms with E-state index >= 15 is 0 Å². The van der Waals surface area contributed by atoms with E-state index in [1.54, 1.807) is 51.1 Å². The molecule has 0 saturated heterocycles. The lowest BCUT2D eigenvalue weighted by molar-refractivity contribution is -0.136. The number of carbonyl (C=O) groups excluding carboxylic acids is 2. The molecule has 1 aromatic carbocycles. The van der Waals surface area contributed by atoms with Gasteiger partial charge in [-0.05, 0) is 26.3 Å². The van der Waals surface area contributed by atoms with Crippen LogP contribution in [0.2, 0.25) is 0 Å². The number of carboxylic acid groups (broad SMARTS) is 1. The number of ether oxygens (including phenoxy) is 1. The molecule has 24 heavy (non-hydrogen) atoms. The Morgan fingerprint density at radius 3 is 2.29 bits per heavy atom. The van der Waals surface area contributed by atoms with Crippen molar-refractivity contribution in [1.29, 1.82) is 0 Å².